The van der Waals surface area contributed by atoms with Crippen molar-refractivity contribution in [3.8, 4) is 0 Å². The molecular formula is C19H18BrFN6S. The van der Waals surface area contributed by atoms with Crippen LogP contribution in [0.3, 0.4) is 0 Å². The number of nitrogens with zero attached hydrogens (tertiary/aromatic N) is 2. The molecule has 28 heavy (non-hydrogen) atoms. The van der Waals surface area contributed by atoms with Gasteiger partial charge in [-0.15, -0.1) is 0 Å². The van der Waals surface area contributed by atoms with Crippen LogP contribution in [0, 0.1) is 11.2 Å². The van der Waals surface area contributed by atoms with Crippen molar-refractivity contribution < 1.29 is 4.39 Å². The minimum absolute atomic E-state index is 0.136. The highest BCUT2D eigenvalue weighted by Gasteiger charge is 2.47. The predicted molar refractivity (Wildman–Crippen MR) is 117 cm³/mol. The highest BCUT2D eigenvalue weighted by Crippen LogP contribution is 2.48. The summed E-state index contributed by atoms with van der Waals surface area (Å²) < 4.78 is 14.9. The van der Waals surface area contributed by atoms with E-state index in [1.54, 1.807) is 24.7 Å². The number of thioether (sulfide) groups is 1. The molecule has 0 bridgehead atoms. The zero-order valence-corrected chi connectivity index (χ0v) is 17.6. The van der Waals surface area contributed by atoms with E-state index in [4.69, 9.17) is 5.41 Å². The third kappa shape index (κ3) is 3.40. The molecule has 2 heterocycles. The monoisotopic (exact) mass is 460 g/mol. The first kappa shape index (κ1) is 18.9. The highest BCUT2D eigenvalue weighted by molar-refractivity contribution is 9.10. The number of hydrogen-bond donors (Lipinski definition) is 4. The van der Waals surface area contributed by atoms with Gasteiger partial charge in [0.05, 0.1) is 17.7 Å². The van der Waals surface area contributed by atoms with Crippen LogP contribution in [0.2, 0.25) is 0 Å². The molecule has 4 N–H and O–H groups in total. The second-order valence-electron chi connectivity index (χ2n) is 6.76. The van der Waals surface area contributed by atoms with E-state index < -0.39 is 4.87 Å². The number of halogens is 2. The standard InChI is InChI=1S/C19H18BrFN6S/c1-10(2)25-17(22)18-27-16-7-13(26-15-4-3-12(20)6-14(15)21)5-11-8-23-9-24-19(11,16)28-18/h3-10,26H,1-2H3,(H2,22,25)(H,23,24). The van der Waals surface area contributed by atoms with Crippen LogP contribution in [0.15, 0.2) is 68.0 Å². The molecular weight excluding hydrogens is 443 g/mol. The van der Waals surface area contributed by atoms with Gasteiger partial charge < -0.3 is 16.0 Å². The summed E-state index contributed by atoms with van der Waals surface area (Å²) in [5, 5.41) is 18.4. The molecule has 0 saturated heterocycles. The van der Waals surface area contributed by atoms with Crippen molar-refractivity contribution in [3.63, 3.8) is 0 Å². The SMILES string of the molecule is CC(C)NC(=N)C1=NC2=CC(Nc3ccc(Br)cc3F)=CC3=CN=CNC32S1. The van der Waals surface area contributed by atoms with Gasteiger partial charge in [0.1, 0.15) is 10.9 Å². The van der Waals surface area contributed by atoms with E-state index in [9.17, 15) is 4.39 Å². The molecule has 0 fully saturated rings. The molecule has 1 spiro atoms. The second kappa shape index (κ2) is 7.21. The molecule has 1 aromatic rings. The van der Waals surface area contributed by atoms with E-state index in [0.29, 0.717) is 20.9 Å². The van der Waals surface area contributed by atoms with E-state index in [1.807, 2.05) is 26.0 Å². The molecule has 2 aliphatic heterocycles. The van der Waals surface area contributed by atoms with Gasteiger partial charge in [0.2, 0.25) is 0 Å². The molecule has 3 aliphatic rings. The minimum atomic E-state index is -0.620. The van der Waals surface area contributed by atoms with Crippen LogP contribution < -0.4 is 16.0 Å². The molecule has 4 rings (SSSR count). The Hall–Kier alpha value is -2.39. The summed E-state index contributed by atoms with van der Waals surface area (Å²) >= 11 is 4.73. The summed E-state index contributed by atoms with van der Waals surface area (Å²) in [7, 11) is 0. The third-order valence-electron chi connectivity index (χ3n) is 4.26. The Morgan fingerprint density at radius 2 is 2.18 bits per heavy atom. The van der Waals surface area contributed by atoms with Crippen LogP contribution in [-0.2, 0) is 0 Å². The first-order valence-electron chi connectivity index (χ1n) is 8.66. The van der Waals surface area contributed by atoms with E-state index >= 15 is 0 Å². The number of aliphatic imine (C=N–C) groups is 2. The van der Waals surface area contributed by atoms with Crippen LogP contribution >= 0.6 is 27.7 Å². The average Bonchev–Trinajstić information content (AvgIpc) is 3.00. The van der Waals surface area contributed by atoms with E-state index in [-0.39, 0.29) is 17.7 Å². The summed E-state index contributed by atoms with van der Waals surface area (Å²) in [6, 6.07) is 5.00. The fourth-order valence-electron chi connectivity index (χ4n) is 3.04. The number of nitrogens with one attached hydrogen (secondary N) is 4. The lowest BCUT2D eigenvalue weighted by molar-refractivity contribution is 0.630. The molecule has 1 atom stereocenters. The van der Waals surface area contributed by atoms with Gasteiger partial charge in [-0.3, -0.25) is 5.41 Å². The Labute approximate surface area is 174 Å². The fraction of sp³-hybridized carbons (Fsp3) is 0.211. The van der Waals surface area contributed by atoms with Gasteiger partial charge in [0, 0.05) is 28.0 Å². The third-order valence-corrected chi connectivity index (χ3v) is 6.11. The summed E-state index contributed by atoms with van der Waals surface area (Å²) in [4.78, 5) is 8.25. The molecule has 1 unspecified atom stereocenters. The van der Waals surface area contributed by atoms with Gasteiger partial charge in [-0.1, -0.05) is 27.7 Å². The number of rotatable bonds is 4. The van der Waals surface area contributed by atoms with Crippen molar-refractivity contribution in [2.45, 2.75) is 24.8 Å². The van der Waals surface area contributed by atoms with Crippen molar-refractivity contribution in [2.24, 2.45) is 9.98 Å². The zero-order valence-electron chi connectivity index (χ0n) is 15.2. The summed E-state index contributed by atoms with van der Waals surface area (Å²) in [5.41, 5.74) is 2.69. The van der Waals surface area contributed by atoms with Crippen LogP contribution in [0.25, 0.3) is 0 Å². The lowest BCUT2D eigenvalue weighted by Gasteiger charge is -2.35. The van der Waals surface area contributed by atoms with Gasteiger partial charge in [0.25, 0.3) is 0 Å². The van der Waals surface area contributed by atoms with Gasteiger partial charge >= 0.3 is 0 Å². The van der Waals surface area contributed by atoms with Gasteiger partial charge in [-0.05, 0) is 44.2 Å². The Morgan fingerprint density at radius 1 is 1.36 bits per heavy atom. The van der Waals surface area contributed by atoms with Crippen LogP contribution in [0.5, 0.6) is 0 Å². The number of allylic oxidation sites excluding steroid dienone is 1. The number of hydrogen-bond acceptors (Lipinski definition) is 6. The van der Waals surface area contributed by atoms with E-state index in [1.165, 1.54) is 17.8 Å². The Kier molecular flexibility index (Phi) is 4.88. The first-order valence-corrected chi connectivity index (χ1v) is 10.3. The molecule has 6 nitrogen and oxygen atoms in total. The lowest BCUT2D eigenvalue weighted by atomic mass is 9.96. The topological polar surface area (TPSA) is 84.7 Å². The van der Waals surface area contributed by atoms with Crippen molar-refractivity contribution in [2.75, 3.05) is 5.32 Å². The average molecular weight is 461 g/mol. The highest BCUT2D eigenvalue weighted by atomic mass is 79.9. The van der Waals surface area contributed by atoms with Crippen molar-refractivity contribution in [1.82, 2.24) is 10.6 Å². The number of benzene rings is 1. The Morgan fingerprint density at radius 3 is 2.93 bits per heavy atom. The van der Waals surface area contributed by atoms with Crippen molar-refractivity contribution >= 4 is 50.6 Å². The summed E-state index contributed by atoms with van der Waals surface area (Å²) in [6.07, 6.45) is 7.17. The largest absolute Gasteiger partial charge is 0.366 e. The van der Waals surface area contributed by atoms with Gasteiger partial charge in [-0.25, -0.2) is 14.4 Å². The maximum atomic E-state index is 14.2. The van der Waals surface area contributed by atoms with E-state index in [0.717, 1.165) is 11.3 Å². The Balaban J connectivity index is 1.68. The molecule has 0 radical (unpaired) electrons. The van der Waals surface area contributed by atoms with Crippen LogP contribution in [0.4, 0.5) is 10.1 Å². The lowest BCUT2D eigenvalue weighted by Crippen LogP contribution is -2.46. The molecule has 0 aromatic heterocycles. The number of amidine groups is 1. The smallest absolute Gasteiger partial charge is 0.161 e. The minimum Gasteiger partial charge on any atom is -0.366 e. The molecule has 0 saturated carbocycles. The second-order valence-corrected chi connectivity index (χ2v) is 8.88. The van der Waals surface area contributed by atoms with Crippen molar-refractivity contribution in [3.05, 3.63) is 63.8 Å². The maximum Gasteiger partial charge on any atom is 0.161 e. The summed E-state index contributed by atoms with van der Waals surface area (Å²) in [6.45, 7) is 3.96. The normalized spacial score (nSPS) is 22.3. The number of anilines is 1. The van der Waals surface area contributed by atoms with Crippen LogP contribution in [-0.4, -0.2) is 28.1 Å². The molecule has 9 heteroatoms. The van der Waals surface area contributed by atoms with Gasteiger partial charge in [-0.2, -0.15) is 0 Å². The van der Waals surface area contributed by atoms with E-state index in [2.05, 4.69) is 41.9 Å². The Bertz CT molecular complexity index is 1010. The van der Waals surface area contributed by atoms with Gasteiger partial charge in [0.15, 0.2) is 10.7 Å². The molecule has 144 valence electrons. The molecule has 1 aliphatic carbocycles. The predicted octanol–water partition coefficient (Wildman–Crippen LogP) is 4.11. The van der Waals surface area contributed by atoms with Crippen molar-refractivity contribution in [1.29, 1.82) is 5.41 Å². The maximum absolute atomic E-state index is 14.2. The zero-order chi connectivity index (χ0) is 19.9. The fourth-order valence-corrected chi connectivity index (χ4v) is 4.52. The summed E-state index contributed by atoms with van der Waals surface area (Å²) in [5.74, 6) is -0.0750. The van der Waals surface area contributed by atoms with Crippen LogP contribution in [0.1, 0.15) is 13.8 Å². The molecule has 1 aromatic carbocycles. The molecule has 0 amide bonds. The quantitative estimate of drug-likeness (QED) is 0.402. The first-order chi connectivity index (χ1) is 13.4.